The van der Waals surface area contributed by atoms with Crippen LogP contribution in [0.5, 0.6) is 5.75 Å². The van der Waals surface area contributed by atoms with Crippen molar-refractivity contribution in [3.63, 3.8) is 0 Å². The number of H-pyrrole nitrogens is 1. The fourth-order valence-electron chi connectivity index (χ4n) is 2.70. The van der Waals surface area contributed by atoms with E-state index in [4.69, 9.17) is 4.74 Å². The van der Waals surface area contributed by atoms with Gasteiger partial charge in [0, 0.05) is 19.6 Å². The second-order valence-electron chi connectivity index (χ2n) is 5.53. The lowest BCUT2D eigenvalue weighted by Crippen LogP contribution is -2.33. The van der Waals surface area contributed by atoms with Crippen LogP contribution in [0.15, 0.2) is 30.5 Å². The predicted molar refractivity (Wildman–Crippen MR) is 78.0 cm³/mol. The maximum atomic E-state index is 10.6. The zero-order valence-corrected chi connectivity index (χ0v) is 12.1. The molecule has 3 rings (SSSR count). The van der Waals surface area contributed by atoms with Gasteiger partial charge in [-0.05, 0) is 25.0 Å². The molecule has 1 fully saturated rings. The molecule has 2 aromatic rings. The molecular weight excluding hydrogens is 268 g/mol. The first-order valence-corrected chi connectivity index (χ1v) is 7.17. The Hall–Kier alpha value is -1.92. The van der Waals surface area contributed by atoms with Crippen molar-refractivity contribution in [3.05, 3.63) is 41.7 Å². The van der Waals surface area contributed by atoms with Gasteiger partial charge in [0.25, 0.3) is 0 Å². The number of aryl methyl sites for hydroxylation is 1. The Kier molecular flexibility index (Phi) is 3.90. The molecule has 2 heterocycles. The van der Waals surface area contributed by atoms with E-state index in [9.17, 15) is 5.11 Å². The standard InChI is InChI=1S/C15H20N4O2/c1-12-4-2-3-5-13(12)21-9-8-19-7-6-15(20,11-19)14-10-16-18-17-14/h2-5,10,20H,6-9,11H2,1H3,(H,16,17,18). The van der Waals surface area contributed by atoms with Crippen LogP contribution >= 0.6 is 0 Å². The van der Waals surface area contributed by atoms with E-state index in [1.807, 2.05) is 31.2 Å². The van der Waals surface area contributed by atoms with Gasteiger partial charge in [0.15, 0.2) is 0 Å². The number of aromatic nitrogens is 3. The number of hydrogen-bond acceptors (Lipinski definition) is 5. The molecule has 6 heteroatoms. The minimum atomic E-state index is -0.893. The highest BCUT2D eigenvalue weighted by molar-refractivity contribution is 5.31. The van der Waals surface area contributed by atoms with Crippen LogP contribution in [0.2, 0.25) is 0 Å². The van der Waals surface area contributed by atoms with Crippen molar-refractivity contribution in [2.45, 2.75) is 18.9 Å². The quantitative estimate of drug-likeness (QED) is 0.861. The second kappa shape index (κ2) is 5.83. The van der Waals surface area contributed by atoms with Crippen LogP contribution in [-0.4, -0.2) is 51.7 Å². The zero-order valence-electron chi connectivity index (χ0n) is 12.1. The molecule has 0 bridgehead atoms. The fraction of sp³-hybridized carbons (Fsp3) is 0.467. The van der Waals surface area contributed by atoms with Gasteiger partial charge in [-0.25, -0.2) is 0 Å². The first-order valence-electron chi connectivity index (χ1n) is 7.17. The summed E-state index contributed by atoms with van der Waals surface area (Å²) in [5, 5.41) is 20.9. The fourth-order valence-corrected chi connectivity index (χ4v) is 2.70. The smallest absolute Gasteiger partial charge is 0.124 e. The van der Waals surface area contributed by atoms with Crippen LogP contribution in [0, 0.1) is 6.92 Å². The Labute approximate surface area is 123 Å². The van der Waals surface area contributed by atoms with Gasteiger partial charge in [0.2, 0.25) is 0 Å². The van der Waals surface area contributed by atoms with E-state index in [1.165, 1.54) is 0 Å². The molecule has 1 unspecified atom stereocenters. The Balaban J connectivity index is 1.51. The average molecular weight is 288 g/mol. The van der Waals surface area contributed by atoms with Crippen LogP contribution in [0.4, 0.5) is 0 Å². The predicted octanol–water partition coefficient (Wildman–Crippen LogP) is 1.09. The highest BCUT2D eigenvalue weighted by Gasteiger charge is 2.39. The van der Waals surface area contributed by atoms with Crippen molar-refractivity contribution in [3.8, 4) is 5.75 Å². The van der Waals surface area contributed by atoms with Crippen LogP contribution in [0.1, 0.15) is 17.7 Å². The van der Waals surface area contributed by atoms with Crippen molar-refractivity contribution in [2.75, 3.05) is 26.2 Å². The monoisotopic (exact) mass is 288 g/mol. The number of aliphatic hydroxyl groups is 1. The molecule has 0 radical (unpaired) electrons. The maximum Gasteiger partial charge on any atom is 0.124 e. The lowest BCUT2D eigenvalue weighted by Gasteiger charge is -2.21. The summed E-state index contributed by atoms with van der Waals surface area (Å²) in [6, 6.07) is 7.99. The Morgan fingerprint density at radius 3 is 3.05 bits per heavy atom. The van der Waals surface area contributed by atoms with Gasteiger partial charge in [-0.3, -0.25) is 4.90 Å². The van der Waals surface area contributed by atoms with Crippen molar-refractivity contribution in [1.29, 1.82) is 0 Å². The number of hydrogen-bond donors (Lipinski definition) is 2. The summed E-state index contributed by atoms with van der Waals surface area (Å²) >= 11 is 0. The Morgan fingerprint density at radius 1 is 1.43 bits per heavy atom. The zero-order chi connectivity index (χ0) is 14.7. The molecule has 21 heavy (non-hydrogen) atoms. The lowest BCUT2D eigenvalue weighted by molar-refractivity contribution is 0.0403. The number of ether oxygens (including phenoxy) is 1. The molecule has 0 spiro atoms. The molecule has 0 aliphatic carbocycles. The van der Waals surface area contributed by atoms with Crippen molar-refractivity contribution in [1.82, 2.24) is 20.3 Å². The Morgan fingerprint density at radius 2 is 2.29 bits per heavy atom. The van der Waals surface area contributed by atoms with E-state index in [2.05, 4.69) is 20.3 Å². The number of rotatable bonds is 5. The molecule has 2 N–H and O–H groups in total. The van der Waals surface area contributed by atoms with Gasteiger partial charge in [0.05, 0.1) is 6.20 Å². The van der Waals surface area contributed by atoms with E-state index in [0.717, 1.165) is 24.4 Å². The van der Waals surface area contributed by atoms with Gasteiger partial charge >= 0.3 is 0 Å². The molecule has 0 saturated carbocycles. The van der Waals surface area contributed by atoms with Gasteiger partial charge < -0.3 is 9.84 Å². The minimum absolute atomic E-state index is 0.566. The number of nitrogens with one attached hydrogen (secondary N) is 1. The summed E-state index contributed by atoms with van der Waals surface area (Å²) in [7, 11) is 0. The molecule has 1 saturated heterocycles. The lowest BCUT2D eigenvalue weighted by atomic mass is 10.0. The van der Waals surface area contributed by atoms with E-state index >= 15 is 0 Å². The second-order valence-corrected chi connectivity index (χ2v) is 5.53. The third kappa shape index (κ3) is 3.06. The highest BCUT2D eigenvalue weighted by Crippen LogP contribution is 2.29. The number of benzene rings is 1. The van der Waals surface area contributed by atoms with E-state index < -0.39 is 5.60 Å². The van der Waals surface area contributed by atoms with Crippen LogP contribution < -0.4 is 4.74 Å². The Bertz CT molecular complexity index is 587. The molecule has 0 amide bonds. The van der Waals surface area contributed by atoms with Gasteiger partial charge in [0.1, 0.15) is 23.7 Å². The van der Waals surface area contributed by atoms with Gasteiger partial charge in [-0.15, -0.1) is 0 Å². The number of β-amino-alcohol motifs (C(OH)–C–C–N with tert-alkyl or cyclic N) is 1. The molecule has 1 aliphatic heterocycles. The highest BCUT2D eigenvalue weighted by atomic mass is 16.5. The molecule has 1 aliphatic rings. The third-order valence-electron chi connectivity index (χ3n) is 3.98. The van der Waals surface area contributed by atoms with E-state index in [1.54, 1.807) is 6.20 Å². The van der Waals surface area contributed by atoms with Gasteiger partial charge in [-0.1, -0.05) is 18.2 Å². The summed E-state index contributed by atoms with van der Waals surface area (Å²) < 4.78 is 5.80. The SMILES string of the molecule is Cc1ccccc1OCCN1CCC(O)(c2cn[nH]n2)C1. The number of aromatic amines is 1. The van der Waals surface area contributed by atoms with Crippen molar-refractivity contribution >= 4 is 0 Å². The molecular formula is C15H20N4O2. The largest absolute Gasteiger partial charge is 0.492 e. The summed E-state index contributed by atoms with van der Waals surface area (Å²) in [5.74, 6) is 0.920. The van der Waals surface area contributed by atoms with Gasteiger partial charge in [-0.2, -0.15) is 15.4 Å². The van der Waals surface area contributed by atoms with Crippen LogP contribution in [0.25, 0.3) is 0 Å². The summed E-state index contributed by atoms with van der Waals surface area (Å²) in [4.78, 5) is 2.19. The number of para-hydroxylation sites is 1. The number of likely N-dealkylation sites (tertiary alicyclic amines) is 1. The maximum absolute atomic E-state index is 10.6. The van der Waals surface area contributed by atoms with Crippen molar-refractivity contribution in [2.24, 2.45) is 0 Å². The number of nitrogens with zero attached hydrogens (tertiary/aromatic N) is 3. The first kappa shape index (κ1) is 14.0. The first-order chi connectivity index (χ1) is 10.2. The van der Waals surface area contributed by atoms with Crippen LogP contribution in [0.3, 0.4) is 0 Å². The summed E-state index contributed by atoms with van der Waals surface area (Å²) in [5.41, 5.74) is 0.859. The summed E-state index contributed by atoms with van der Waals surface area (Å²) in [6.45, 7) is 4.83. The van der Waals surface area contributed by atoms with E-state index in [-0.39, 0.29) is 0 Å². The molecule has 1 aromatic carbocycles. The molecule has 6 nitrogen and oxygen atoms in total. The average Bonchev–Trinajstić information content (AvgIpc) is 3.12. The molecule has 1 aromatic heterocycles. The van der Waals surface area contributed by atoms with E-state index in [0.29, 0.717) is 25.3 Å². The topological polar surface area (TPSA) is 74.3 Å². The van der Waals surface area contributed by atoms with Crippen LogP contribution in [-0.2, 0) is 5.60 Å². The molecule has 1 atom stereocenters. The minimum Gasteiger partial charge on any atom is -0.492 e. The molecule has 112 valence electrons. The summed E-state index contributed by atoms with van der Waals surface area (Å²) in [6.07, 6.45) is 2.26. The normalized spacial score (nSPS) is 22.6. The third-order valence-corrected chi connectivity index (χ3v) is 3.98. The van der Waals surface area contributed by atoms with Crippen molar-refractivity contribution < 1.29 is 9.84 Å².